The van der Waals surface area contributed by atoms with Crippen LogP contribution in [0.25, 0.3) is 0 Å². The molecular formula is C9H12N2O6P+. The van der Waals surface area contributed by atoms with Crippen LogP contribution < -0.4 is 11.2 Å². The molecule has 18 heavy (non-hydrogen) atoms. The number of aromatic amines is 1. The van der Waals surface area contributed by atoms with Crippen molar-refractivity contribution in [3.05, 3.63) is 33.1 Å². The second-order valence-electron chi connectivity index (χ2n) is 3.84. The molecule has 0 saturated carbocycles. The Morgan fingerprint density at radius 3 is 3.00 bits per heavy atom. The Labute approximate surface area is 102 Å². The quantitative estimate of drug-likeness (QED) is 0.741. The van der Waals surface area contributed by atoms with E-state index in [-0.39, 0.29) is 12.7 Å². The van der Waals surface area contributed by atoms with Gasteiger partial charge in [-0.15, -0.1) is 9.42 Å². The molecular weight excluding hydrogens is 263 g/mol. The van der Waals surface area contributed by atoms with Crippen molar-refractivity contribution in [2.75, 3.05) is 6.61 Å². The Balaban J connectivity index is 2.02. The number of hydrogen-bond donors (Lipinski definition) is 2. The standard InChI is InChI=1S/C9H11N2O6P/c12-7-3-4-11(9(13)10-7)8-2-1-6(17-8)5-16-18(14)15/h3-4,6,8H,1-2,5H2,(H-,10,12,13,14,15)/p+1/t6?,8-/m0/s1. The minimum absolute atomic E-state index is 0.000305. The van der Waals surface area contributed by atoms with E-state index in [1.807, 2.05) is 0 Å². The van der Waals surface area contributed by atoms with E-state index in [4.69, 9.17) is 9.63 Å². The van der Waals surface area contributed by atoms with Gasteiger partial charge in [0.25, 0.3) is 5.56 Å². The van der Waals surface area contributed by atoms with E-state index in [2.05, 4.69) is 9.51 Å². The summed E-state index contributed by atoms with van der Waals surface area (Å²) in [6.07, 6.45) is 1.72. The predicted octanol–water partition coefficient (Wildman–Crippen LogP) is -0.120. The normalized spacial score (nSPS) is 24.2. The first kappa shape index (κ1) is 13.1. The second kappa shape index (κ2) is 5.53. The van der Waals surface area contributed by atoms with Crippen LogP contribution >= 0.6 is 8.25 Å². The fourth-order valence-electron chi connectivity index (χ4n) is 1.81. The summed E-state index contributed by atoms with van der Waals surface area (Å²) in [7, 11) is -2.64. The van der Waals surface area contributed by atoms with Gasteiger partial charge in [0.15, 0.2) is 0 Å². The molecule has 1 fully saturated rings. The Hall–Kier alpha value is -1.34. The molecule has 1 aliphatic heterocycles. The van der Waals surface area contributed by atoms with Gasteiger partial charge in [-0.1, -0.05) is 0 Å². The lowest BCUT2D eigenvalue weighted by atomic mass is 10.2. The molecule has 0 radical (unpaired) electrons. The molecule has 2 rings (SSSR count). The molecule has 2 heterocycles. The van der Waals surface area contributed by atoms with Crippen molar-refractivity contribution in [1.82, 2.24) is 9.55 Å². The van der Waals surface area contributed by atoms with Crippen molar-refractivity contribution in [2.24, 2.45) is 0 Å². The average Bonchev–Trinajstić information content (AvgIpc) is 2.75. The van der Waals surface area contributed by atoms with E-state index in [0.717, 1.165) is 0 Å². The summed E-state index contributed by atoms with van der Waals surface area (Å²) in [5.41, 5.74) is -1.01. The SMILES string of the molecule is O=c1ccn([C@@H]2CCC(CO[P+](=O)O)O2)c(=O)[nH]1. The third-order valence-corrected chi connectivity index (χ3v) is 2.99. The maximum atomic E-state index is 11.5. The first-order valence-corrected chi connectivity index (χ1v) is 6.45. The zero-order valence-electron chi connectivity index (χ0n) is 9.31. The van der Waals surface area contributed by atoms with Gasteiger partial charge >= 0.3 is 13.9 Å². The zero-order chi connectivity index (χ0) is 13.1. The van der Waals surface area contributed by atoms with Crippen molar-refractivity contribution in [1.29, 1.82) is 0 Å². The molecule has 2 N–H and O–H groups in total. The summed E-state index contributed by atoms with van der Waals surface area (Å²) in [6, 6.07) is 1.24. The minimum atomic E-state index is -2.64. The minimum Gasteiger partial charge on any atom is -0.352 e. The van der Waals surface area contributed by atoms with Crippen LogP contribution in [0.4, 0.5) is 0 Å². The fourth-order valence-corrected chi connectivity index (χ4v) is 2.11. The average molecular weight is 275 g/mol. The first-order valence-electron chi connectivity index (χ1n) is 5.32. The molecule has 98 valence electrons. The molecule has 0 aromatic carbocycles. The van der Waals surface area contributed by atoms with Crippen molar-refractivity contribution in [3.63, 3.8) is 0 Å². The van der Waals surface area contributed by atoms with Crippen LogP contribution in [0.2, 0.25) is 0 Å². The Morgan fingerprint density at radius 1 is 1.56 bits per heavy atom. The molecule has 2 unspecified atom stereocenters. The van der Waals surface area contributed by atoms with Crippen molar-refractivity contribution >= 4 is 8.25 Å². The first-order chi connectivity index (χ1) is 8.56. The maximum absolute atomic E-state index is 11.5. The van der Waals surface area contributed by atoms with Crippen LogP contribution in [0.3, 0.4) is 0 Å². The van der Waals surface area contributed by atoms with Gasteiger partial charge in [-0.05, 0) is 12.8 Å². The van der Waals surface area contributed by atoms with E-state index >= 15 is 0 Å². The van der Waals surface area contributed by atoms with E-state index < -0.39 is 25.7 Å². The van der Waals surface area contributed by atoms with Gasteiger partial charge in [-0.3, -0.25) is 14.3 Å². The fraction of sp³-hybridized carbons (Fsp3) is 0.556. The van der Waals surface area contributed by atoms with E-state index in [1.54, 1.807) is 0 Å². The van der Waals surface area contributed by atoms with Gasteiger partial charge in [-0.25, -0.2) is 4.79 Å². The smallest absolute Gasteiger partial charge is 0.352 e. The summed E-state index contributed by atoms with van der Waals surface area (Å²) in [5, 5.41) is 0. The summed E-state index contributed by atoms with van der Waals surface area (Å²) in [5.74, 6) is 0. The van der Waals surface area contributed by atoms with Gasteiger partial charge in [0.2, 0.25) is 0 Å². The number of rotatable bonds is 4. The summed E-state index contributed by atoms with van der Waals surface area (Å²) < 4.78 is 21.7. The summed E-state index contributed by atoms with van der Waals surface area (Å²) >= 11 is 0. The predicted molar refractivity (Wildman–Crippen MR) is 60.2 cm³/mol. The molecule has 0 aliphatic carbocycles. The van der Waals surface area contributed by atoms with Crippen molar-refractivity contribution in [3.8, 4) is 0 Å². The molecule has 8 nitrogen and oxygen atoms in total. The zero-order valence-corrected chi connectivity index (χ0v) is 10.2. The van der Waals surface area contributed by atoms with Gasteiger partial charge in [-0.2, -0.15) is 0 Å². The van der Waals surface area contributed by atoms with E-state index in [1.165, 1.54) is 16.8 Å². The van der Waals surface area contributed by atoms with Gasteiger partial charge in [0.1, 0.15) is 12.8 Å². The number of nitrogens with zero attached hydrogens (tertiary/aromatic N) is 1. The number of ether oxygens (including phenoxy) is 1. The third-order valence-electron chi connectivity index (χ3n) is 2.62. The lowest BCUT2D eigenvalue weighted by molar-refractivity contribution is -0.0203. The largest absolute Gasteiger partial charge is 0.694 e. The summed E-state index contributed by atoms with van der Waals surface area (Å²) in [4.78, 5) is 33.1. The number of H-pyrrole nitrogens is 1. The van der Waals surface area contributed by atoms with Gasteiger partial charge < -0.3 is 4.74 Å². The van der Waals surface area contributed by atoms with Crippen LogP contribution in [-0.2, 0) is 13.8 Å². The highest BCUT2D eigenvalue weighted by Gasteiger charge is 2.30. The monoisotopic (exact) mass is 275 g/mol. The highest BCUT2D eigenvalue weighted by Crippen LogP contribution is 2.28. The van der Waals surface area contributed by atoms with Crippen molar-refractivity contribution < 1.29 is 18.7 Å². The molecule has 0 spiro atoms. The molecule has 3 atom stereocenters. The van der Waals surface area contributed by atoms with E-state index in [0.29, 0.717) is 12.8 Å². The highest BCUT2D eigenvalue weighted by molar-refractivity contribution is 7.32. The number of aromatic nitrogens is 2. The summed E-state index contributed by atoms with van der Waals surface area (Å²) in [6.45, 7) is 0.000305. The maximum Gasteiger partial charge on any atom is 0.694 e. The molecule has 0 bridgehead atoms. The molecule has 0 amide bonds. The third kappa shape index (κ3) is 3.11. The second-order valence-corrected chi connectivity index (χ2v) is 4.57. The van der Waals surface area contributed by atoms with Gasteiger partial charge in [0, 0.05) is 16.8 Å². The van der Waals surface area contributed by atoms with Crippen LogP contribution in [0.1, 0.15) is 19.1 Å². The Kier molecular flexibility index (Phi) is 4.03. The molecule has 1 aromatic heterocycles. The number of nitrogens with one attached hydrogen (secondary N) is 1. The van der Waals surface area contributed by atoms with Crippen LogP contribution in [-0.4, -0.2) is 27.2 Å². The van der Waals surface area contributed by atoms with E-state index in [9.17, 15) is 14.2 Å². The molecule has 1 aromatic rings. The van der Waals surface area contributed by atoms with Crippen LogP contribution in [0.5, 0.6) is 0 Å². The Morgan fingerprint density at radius 2 is 2.33 bits per heavy atom. The topological polar surface area (TPSA) is 111 Å². The highest BCUT2D eigenvalue weighted by atomic mass is 31.1. The molecule has 9 heteroatoms. The Bertz CT molecular complexity index is 552. The number of hydrogen-bond acceptors (Lipinski definition) is 5. The van der Waals surface area contributed by atoms with Crippen molar-refractivity contribution in [2.45, 2.75) is 25.2 Å². The van der Waals surface area contributed by atoms with Crippen LogP contribution in [0.15, 0.2) is 21.9 Å². The molecule has 1 aliphatic rings. The van der Waals surface area contributed by atoms with Crippen LogP contribution in [0, 0.1) is 0 Å². The molecule has 1 saturated heterocycles. The lowest BCUT2D eigenvalue weighted by Gasteiger charge is -2.13. The van der Waals surface area contributed by atoms with Gasteiger partial charge in [0.05, 0.1) is 6.10 Å². The lowest BCUT2D eigenvalue weighted by Crippen LogP contribution is -2.31.